The molecule has 1 aliphatic rings. The summed E-state index contributed by atoms with van der Waals surface area (Å²) in [6, 6.07) is 17.9. The van der Waals surface area contributed by atoms with Crippen LogP contribution in [0.3, 0.4) is 0 Å². The Morgan fingerprint density at radius 1 is 1.06 bits per heavy atom. The SMILES string of the molecule is CCOc1ccc(NS(=O)(=O)c2cc(C(=O)N3CCN(c4ccccc4)CC3)n[nH]2)cc1. The quantitative estimate of drug-likeness (QED) is 0.567. The van der Waals surface area contributed by atoms with Gasteiger partial charge in [-0.25, -0.2) is 0 Å². The number of para-hydroxylation sites is 1. The van der Waals surface area contributed by atoms with Gasteiger partial charge < -0.3 is 14.5 Å². The molecule has 0 radical (unpaired) electrons. The third-order valence-electron chi connectivity index (χ3n) is 5.17. The molecule has 0 bridgehead atoms. The van der Waals surface area contributed by atoms with Crippen LogP contribution in [0.1, 0.15) is 17.4 Å². The Hall–Kier alpha value is -3.53. The summed E-state index contributed by atoms with van der Waals surface area (Å²) in [4.78, 5) is 16.7. The number of anilines is 2. The van der Waals surface area contributed by atoms with Gasteiger partial charge >= 0.3 is 0 Å². The first-order valence-corrected chi connectivity index (χ1v) is 11.8. The number of carbonyl (C=O) groups excluding carboxylic acids is 1. The van der Waals surface area contributed by atoms with Crippen LogP contribution in [0.25, 0.3) is 0 Å². The van der Waals surface area contributed by atoms with Crippen LogP contribution in [0.4, 0.5) is 11.4 Å². The van der Waals surface area contributed by atoms with E-state index < -0.39 is 10.0 Å². The molecule has 168 valence electrons. The highest BCUT2D eigenvalue weighted by atomic mass is 32.2. The van der Waals surface area contributed by atoms with Crippen molar-refractivity contribution in [2.75, 3.05) is 42.4 Å². The Balaban J connectivity index is 1.39. The van der Waals surface area contributed by atoms with E-state index >= 15 is 0 Å². The number of nitrogens with one attached hydrogen (secondary N) is 2. The first-order valence-electron chi connectivity index (χ1n) is 10.4. The van der Waals surface area contributed by atoms with Crippen LogP contribution in [-0.2, 0) is 10.0 Å². The van der Waals surface area contributed by atoms with E-state index in [1.807, 2.05) is 37.3 Å². The number of piperazine rings is 1. The van der Waals surface area contributed by atoms with E-state index in [-0.39, 0.29) is 16.6 Å². The van der Waals surface area contributed by atoms with Gasteiger partial charge in [-0.2, -0.15) is 13.5 Å². The van der Waals surface area contributed by atoms with E-state index in [2.05, 4.69) is 19.8 Å². The van der Waals surface area contributed by atoms with Crippen molar-refractivity contribution in [3.8, 4) is 5.75 Å². The fourth-order valence-corrected chi connectivity index (χ4v) is 4.50. The molecule has 0 unspecified atom stereocenters. The van der Waals surface area contributed by atoms with Gasteiger partial charge in [0, 0.05) is 43.6 Å². The number of amides is 1. The number of aromatic amines is 1. The van der Waals surface area contributed by atoms with Gasteiger partial charge in [0.05, 0.1) is 6.61 Å². The molecular weight excluding hydrogens is 430 g/mol. The van der Waals surface area contributed by atoms with Crippen molar-refractivity contribution in [1.82, 2.24) is 15.1 Å². The van der Waals surface area contributed by atoms with Crippen LogP contribution < -0.4 is 14.4 Å². The van der Waals surface area contributed by atoms with E-state index in [0.717, 1.165) is 5.69 Å². The van der Waals surface area contributed by atoms with Crippen molar-refractivity contribution < 1.29 is 17.9 Å². The molecule has 0 aliphatic carbocycles. The Labute approximate surface area is 187 Å². The third kappa shape index (κ3) is 4.86. The minimum atomic E-state index is -3.91. The van der Waals surface area contributed by atoms with Crippen LogP contribution in [0.5, 0.6) is 5.75 Å². The van der Waals surface area contributed by atoms with Crippen LogP contribution in [0.2, 0.25) is 0 Å². The van der Waals surface area contributed by atoms with E-state index in [4.69, 9.17) is 4.74 Å². The highest BCUT2D eigenvalue weighted by Gasteiger charge is 2.26. The molecule has 3 aromatic rings. The normalized spacial score (nSPS) is 14.3. The molecule has 2 N–H and O–H groups in total. The minimum Gasteiger partial charge on any atom is -0.494 e. The molecule has 9 nitrogen and oxygen atoms in total. The number of ether oxygens (including phenoxy) is 1. The number of nitrogens with zero attached hydrogens (tertiary/aromatic N) is 3. The van der Waals surface area contributed by atoms with Crippen molar-refractivity contribution >= 4 is 27.3 Å². The first-order chi connectivity index (χ1) is 15.5. The maximum atomic E-state index is 12.8. The standard InChI is InChI=1S/C22H25N5O4S/c1-2-31-19-10-8-17(9-11-19)25-32(29,30)21-16-20(23-24-21)22(28)27-14-12-26(13-15-27)18-6-4-3-5-7-18/h3-11,16,25H,2,12-15H2,1H3,(H,23,24). The first kappa shape index (κ1) is 21.7. The molecule has 0 atom stereocenters. The number of H-pyrrole nitrogens is 1. The number of sulfonamides is 1. The molecule has 32 heavy (non-hydrogen) atoms. The lowest BCUT2D eigenvalue weighted by Gasteiger charge is -2.35. The number of aromatic nitrogens is 2. The second-order valence-electron chi connectivity index (χ2n) is 7.30. The summed E-state index contributed by atoms with van der Waals surface area (Å²) in [5.41, 5.74) is 1.58. The molecular formula is C22H25N5O4S. The van der Waals surface area contributed by atoms with E-state index in [1.54, 1.807) is 29.2 Å². The lowest BCUT2D eigenvalue weighted by molar-refractivity contribution is 0.0741. The largest absolute Gasteiger partial charge is 0.494 e. The van der Waals surface area contributed by atoms with Crippen molar-refractivity contribution in [3.63, 3.8) is 0 Å². The van der Waals surface area contributed by atoms with Crippen molar-refractivity contribution in [2.24, 2.45) is 0 Å². The monoisotopic (exact) mass is 455 g/mol. The summed E-state index contributed by atoms with van der Waals surface area (Å²) in [5.74, 6) is 0.355. The predicted octanol–water partition coefficient (Wildman–Crippen LogP) is 2.57. The molecule has 1 fully saturated rings. The van der Waals surface area contributed by atoms with Crippen molar-refractivity contribution in [2.45, 2.75) is 11.9 Å². The summed E-state index contributed by atoms with van der Waals surface area (Å²) < 4.78 is 33.2. The van der Waals surface area contributed by atoms with Crippen molar-refractivity contribution in [1.29, 1.82) is 0 Å². The van der Waals surface area contributed by atoms with Gasteiger partial charge in [-0.15, -0.1) is 0 Å². The maximum absolute atomic E-state index is 12.8. The van der Waals surface area contributed by atoms with Gasteiger partial charge in [-0.05, 0) is 43.3 Å². The topological polar surface area (TPSA) is 108 Å². The molecule has 1 amide bonds. The van der Waals surface area contributed by atoms with Gasteiger partial charge in [0.2, 0.25) is 0 Å². The zero-order valence-electron chi connectivity index (χ0n) is 17.7. The van der Waals surface area contributed by atoms with E-state index in [1.165, 1.54) is 6.07 Å². The van der Waals surface area contributed by atoms with Crippen molar-refractivity contribution in [3.05, 3.63) is 66.4 Å². The summed E-state index contributed by atoms with van der Waals surface area (Å²) in [6.45, 7) is 4.86. The average molecular weight is 456 g/mol. The Bertz CT molecular complexity index is 1150. The second kappa shape index (κ2) is 9.31. The highest BCUT2D eigenvalue weighted by molar-refractivity contribution is 7.92. The summed E-state index contributed by atoms with van der Waals surface area (Å²) in [7, 11) is -3.91. The molecule has 4 rings (SSSR count). The van der Waals surface area contributed by atoms with Crippen LogP contribution >= 0.6 is 0 Å². The molecule has 1 aromatic heterocycles. The molecule has 0 saturated carbocycles. The molecule has 10 heteroatoms. The van der Waals surface area contributed by atoms with Crippen LogP contribution in [0.15, 0.2) is 65.7 Å². The highest BCUT2D eigenvalue weighted by Crippen LogP contribution is 2.20. The van der Waals surface area contributed by atoms with Gasteiger partial charge in [-0.1, -0.05) is 18.2 Å². The smallest absolute Gasteiger partial charge is 0.278 e. The molecule has 2 aromatic carbocycles. The third-order valence-corrected chi connectivity index (χ3v) is 6.46. The van der Waals surface area contributed by atoms with E-state index in [0.29, 0.717) is 44.2 Å². The zero-order valence-corrected chi connectivity index (χ0v) is 18.5. The Kier molecular flexibility index (Phi) is 6.31. The molecule has 2 heterocycles. The number of hydrogen-bond donors (Lipinski definition) is 2. The fraction of sp³-hybridized carbons (Fsp3) is 0.273. The van der Waals surface area contributed by atoms with Crippen LogP contribution in [-0.4, -0.2) is 62.2 Å². The second-order valence-corrected chi connectivity index (χ2v) is 8.95. The van der Waals surface area contributed by atoms with Crippen LogP contribution in [0, 0.1) is 0 Å². The number of hydrogen-bond acceptors (Lipinski definition) is 6. The van der Waals surface area contributed by atoms with E-state index in [9.17, 15) is 13.2 Å². The average Bonchev–Trinajstić information content (AvgIpc) is 3.32. The van der Waals surface area contributed by atoms with Gasteiger partial charge in [-0.3, -0.25) is 14.6 Å². The maximum Gasteiger partial charge on any atom is 0.278 e. The van der Waals surface area contributed by atoms with Gasteiger partial charge in [0.1, 0.15) is 5.75 Å². The summed E-state index contributed by atoms with van der Waals surface area (Å²) in [5, 5.41) is 6.25. The summed E-state index contributed by atoms with van der Waals surface area (Å²) in [6.07, 6.45) is 0. The van der Waals surface area contributed by atoms with Gasteiger partial charge in [0.15, 0.2) is 10.7 Å². The number of rotatable bonds is 7. The lowest BCUT2D eigenvalue weighted by atomic mass is 10.2. The number of carbonyl (C=O) groups is 1. The Morgan fingerprint density at radius 2 is 1.75 bits per heavy atom. The minimum absolute atomic E-state index is 0.0743. The summed E-state index contributed by atoms with van der Waals surface area (Å²) >= 11 is 0. The number of benzene rings is 2. The molecule has 1 aliphatic heterocycles. The lowest BCUT2D eigenvalue weighted by Crippen LogP contribution is -2.48. The zero-order chi connectivity index (χ0) is 22.6. The fourth-order valence-electron chi connectivity index (χ4n) is 3.52. The molecule has 1 saturated heterocycles. The predicted molar refractivity (Wildman–Crippen MR) is 122 cm³/mol. The van der Waals surface area contributed by atoms with Gasteiger partial charge in [0.25, 0.3) is 15.9 Å². The molecule has 0 spiro atoms. The Morgan fingerprint density at radius 3 is 2.41 bits per heavy atom.